The van der Waals surface area contributed by atoms with E-state index >= 15 is 0 Å². The van der Waals surface area contributed by atoms with Gasteiger partial charge < -0.3 is 10.1 Å². The maximum Gasteiger partial charge on any atom is 0.242 e. The largest absolute Gasteiger partial charge is 0.495 e. The molecule has 3 aromatic rings. The first-order valence-electron chi connectivity index (χ1n) is 7.98. The highest BCUT2D eigenvalue weighted by molar-refractivity contribution is 8.00. The minimum atomic E-state index is -0.508. The lowest BCUT2D eigenvalue weighted by atomic mass is 10.1. The standard InChI is InChI=1S/C18H19N5O2S/c1-12-9-10-15(25-3)14(11-12)19-17(24)16(13-7-5-4-6-8-13)26-18-20-21-22-23(18)2/h4-11,16H,1-3H3,(H,19,24)/t16-/m0/s1. The quantitative estimate of drug-likeness (QED) is 0.673. The van der Waals surface area contributed by atoms with Gasteiger partial charge in [0.25, 0.3) is 0 Å². The number of rotatable bonds is 6. The summed E-state index contributed by atoms with van der Waals surface area (Å²) in [5.74, 6) is 0.439. The molecule has 0 aliphatic rings. The molecule has 1 heterocycles. The Morgan fingerprint density at radius 1 is 1.23 bits per heavy atom. The molecule has 1 aromatic heterocycles. The van der Waals surface area contributed by atoms with Crippen LogP contribution in [0.25, 0.3) is 0 Å². The van der Waals surface area contributed by atoms with E-state index < -0.39 is 5.25 Å². The van der Waals surface area contributed by atoms with Crippen molar-refractivity contribution in [1.29, 1.82) is 0 Å². The number of carbonyl (C=O) groups is 1. The molecule has 0 spiro atoms. The Kier molecular flexibility index (Phi) is 5.52. The molecule has 1 amide bonds. The van der Waals surface area contributed by atoms with Gasteiger partial charge in [-0.05, 0) is 40.6 Å². The van der Waals surface area contributed by atoms with E-state index in [2.05, 4.69) is 20.8 Å². The van der Waals surface area contributed by atoms with Gasteiger partial charge in [-0.2, -0.15) is 0 Å². The fourth-order valence-electron chi connectivity index (χ4n) is 2.45. The molecule has 1 N–H and O–H groups in total. The van der Waals surface area contributed by atoms with Crippen LogP contribution in [0.2, 0.25) is 0 Å². The van der Waals surface area contributed by atoms with E-state index in [9.17, 15) is 4.79 Å². The number of ether oxygens (including phenoxy) is 1. The van der Waals surface area contributed by atoms with Crippen LogP contribution in [-0.4, -0.2) is 33.2 Å². The van der Waals surface area contributed by atoms with Gasteiger partial charge in [-0.1, -0.05) is 48.2 Å². The number of benzene rings is 2. The molecule has 3 rings (SSSR count). The smallest absolute Gasteiger partial charge is 0.242 e. The summed E-state index contributed by atoms with van der Waals surface area (Å²) >= 11 is 1.29. The molecule has 0 fully saturated rings. The van der Waals surface area contributed by atoms with Gasteiger partial charge >= 0.3 is 0 Å². The predicted molar refractivity (Wildman–Crippen MR) is 100 cm³/mol. The van der Waals surface area contributed by atoms with E-state index in [1.807, 2.05) is 55.5 Å². The van der Waals surface area contributed by atoms with Crippen molar-refractivity contribution in [2.45, 2.75) is 17.3 Å². The molecule has 0 aliphatic heterocycles. The number of hydrogen-bond donors (Lipinski definition) is 1. The zero-order valence-electron chi connectivity index (χ0n) is 14.7. The summed E-state index contributed by atoms with van der Waals surface area (Å²) in [6.45, 7) is 1.96. The average Bonchev–Trinajstić information content (AvgIpc) is 3.05. The Hall–Kier alpha value is -2.87. The highest BCUT2D eigenvalue weighted by Crippen LogP contribution is 2.35. The molecular weight excluding hydrogens is 350 g/mol. The molecule has 7 nitrogen and oxygen atoms in total. The SMILES string of the molecule is COc1ccc(C)cc1NC(=O)[C@@H](Sc1nnnn1C)c1ccccc1. The highest BCUT2D eigenvalue weighted by atomic mass is 32.2. The summed E-state index contributed by atoms with van der Waals surface area (Å²) in [6, 6.07) is 15.2. The summed E-state index contributed by atoms with van der Waals surface area (Å²) in [5.41, 5.74) is 2.53. The molecule has 2 aromatic carbocycles. The summed E-state index contributed by atoms with van der Waals surface area (Å²) < 4.78 is 6.90. The van der Waals surface area contributed by atoms with Crippen LogP contribution < -0.4 is 10.1 Å². The van der Waals surface area contributed by atoms with Crippen molar-refractivity contribution in [3.8, 4) is 5.75 Å². The van der Waals surface area contributed by atoms with Crippen LogP contribution in [0, 0.1) is 6.92 Å². The second-order valence-electron chi connectivity index (χ2n) is 5.69. The third kappa shape index (κ3) is 4.02. The molecule has 26 heavy (non-hydrogen) atoms. The molecule has 0 radical (unpaired) electrons. The van der Waals surface area contributed by atoms with Crippen molar-refractivity contribution in [2.75, 3.05) is 12.4 Å². The summed E-state index contributed by atoms with van der Waals surface area (Å²) in [6.07, 6.45) is 0. The van der Waals surface area contributed by atoms with Gasteiger partial charge in [-0.15, -0.1) is 5.10 Å². The first-order chi connectivity index (χ1) is 12.6. The maximum absolute atomic E-state index is 13.1. The van der Waals surface area contributed by atoms with E-state index in [1.54, 1.807) is 18.8 Å². The summed E-state index contributed by atoms with van der Waals surface area (Å²) in [4.78, 5) is 13.1. The lowest BCUT2D eigenvalue weighted by Gasteiger charge is -2.17. The minimum absolute atomic E-state index is 0.173. The number of carbonyl (C=O) groups excluding carboxylic acids is 1. The van der Waals surface area contributed by atoms with E-state index in [1.165, 1.54) is 11.8 Å². The zero-order chi connectivity index (χ0) is 18.5. The van der Waals surface area contributed by atoms with Crippen LogP contribution in [0.3, 0.4) is 0 Å². The van der Waals surface area contributed by atoms with Crippen LogP contribution in [0.1, 0.15) is 16.4 Å². The number of anilines is 1. The number of amides is 1. The van der Waals surface area contributed by atoms with Gasteiger partial charge in [0.05, 0.1) is 12.8 Å². The minimum Gasteiger partial charge on any atom is -0.495 e. The number of hydrogen-bond acceptors (Lipinski definition) is 6. The number of nitrogens with one attached hydrogen (secondary N) is 1. The fourth-order valence-corrected chi connectivity index (χ4v) is 3.39. The van der Waals surface area contributed by atoms with Crippen LogP contribution in [0.5, 0.6) is 5.75 Å². The molecular formula is C18H19N5O2S. The number of nitrogens with zero attached hydrogens (tertiary/aromatic N) is 4. The number of aromatic nitrogens is 4. The van der Waals surface area contributed by atoms with Crippen molar-refractivity contribution in [3.63, 3.8) is 0 Å². The zero-order valence-corrected chi connectivity index (χ0v) is 15.5. The van der Waals surface area contributed by atoms with Crippen molar-refractivity contribution in [2.24, 2.45) is 7.05 Å². The average molecular weight is 369 g/mol. The van der Waals surface area contributed by atoms with Gasteiger partial charge in [0.15, 0.2) is 0 Å². The Balaban J connectivity index is 1.90. The number of methoxy groups -OCH3 is 1. The summed E-state index contributed by atoms with van der Waals surface area (Å²) in [5, 5.41) is 14.5. The van der Waals surface area contributed by atoms with Gasteiger partial charge in [0.1, 0.15) is 11.0 Å². The van der Waals surface area contributed by atoms with Crippen LogP contribution in [0.4, 0.5) is 5.69 Å². The van der Waals surface area contributed by atoms with E-state index in [0.717, 1.165) is 11.1 Å². The first-order valence-corrected chi connectivity index (χ1v) is 8.86. The molecule has 0 saturated carbocycles. The Morgan fingerprint density at radius 3 is 2.65 bits per heavy atom. The Labute approximate surface area is 155 Å². The Bertz CT molecular complexity index is 898. The van der Waals surface area contributed by atoms with Crippen molar-refractivity contribution < 1.29 is 9.53 Å². The second-order valence-corrected chi connectivity index (χ2v) is 6.76. The second kappa shape index (κ2) is 8.01. The molecule has 134 valence electrons. The lowest BCUT2D eigenvalue weighted by molar-refractivity contribution is -0.115. The normalized spacial score (nSPS) is 11.8. The first kappa shape index (κ1) is 17.9. The number of thioether (sulfide) groups is 1. The predicted octanol–water partition coefficient (Wildman–Crippen LogP) is 3.00. The molecule has 0 aliphatic carbocycles. The lowest BCUT2D eigenvalue weighted by Crippen LogP contribution is -2.20. The number of tetrazole rings is 1. The monoisotopic (exact) mass is 369 g/mol. The van der Waals surface area contributed by atoms with Crippen molar-refractivity contribution >= 4 is 23.4 Å². The van der Waals surface area contributed by atoms with E-state index in [4.69, 9.17) is 4.74 Å². The molecule has 0 bridgehead atoms. The van der Waals surface area contributed by atoms with Gasteiger partial charge in [0, 0.05) is 7.05 Å². The number of aryl methyl sites for hydroxylation is 2. The Morgan fingerprint density at radius 2 is 2.00 bits per heavy atom. The third-order valence-corrected chi connectivity index (χ3v) is 5.04. The van der Waals surface area contributed by atoms with E-state index in [-0.39, 0.29) is 5.91 Å². The third-order valence-electron chi connectivity index (χ3n) is 3.76. The molecule has 1 atom stereocenters. The van der Waals surface area contributed by atoms with Crippen molar-refractivity contribution in [3.05, 3.63) is 59.7 Å². The maximum atomic E-state index is 13.1. The van der Waals surface area contributed by atoms with Gasteiger partial charge in [-0.3, -0.25) is 4.79 Å². The van der Waals surface area contributed by atoms with Crippen LogP contribution >= 0.6 is 11.8 Å². The van der Waals surface area contributed by atoms with Crippen molar-refractivity contribution in [1.82, 2.24) is 20.2 Å². The molecule has 8 heteroatoms. The summed E-state index contributed by atoms with van der Waals surface area (Å²) in [7, 11) is 3.32. The highest BCUT2D eigenvalue weighted by Gasteiger charge is 2.25. The van der Waals surface area contributed by atoms with Gasteiger partial charge in [-0.25, -0.2) is 4.68 Å². The fraction of sp³-hybridized carbons (Fsp3) is 0.222. The molecule has 0 unspecified atom stereocenters. The van der Waals surface area contributed by atoms with Crippen LogP contribution in [-0.2, 0) is 11.8 Å². The topological polar surface area (TPSA) is 81.9 Å². The molecule has 0 saturated heterocycles. The van der Waals surface area contributed by atoms with E-state index in [0.29, 0.717) is 16.6 Å². The van der Waals surface area contributed by atoms with Gasteiger partial charge in [0.2, 0.25) is 11.1 Å². The van der Waals surface area contributed by atoms with Crippen LogP contribution in [0.15, 0.2) is 53.7 Å².